The van der Waals surface area contributed by atoms with Crippen LogP contribution in [0.5, 0.6) is 0 Å². The number of esters is 1. The summed E-state index contributed by atoms with van der Waals surface area (Å²) in [6, 6.07) is 0. The van der Waals surface area contributed by atoms with E-state index in [1.807, 2.05) is 13.8 Å². The Hall–Kier alpha value is -1.79. The molecule has 7 nitrogen and oxygen atoms in total. The number of aliphatic carboxylic acids is 1. The van der Waals surface area contributed by atoms with Crippen LogP contribution in [-0.4, -0.2) is 36.5 Å². The van der Waals surface area contributed by atoms with Crippen LogP contribution in [0.2, 0.25) is 0 Å². The molecule has 128 valence electrons. The van der Waals surface area contributed by atoms with Crippen molar-refractivity contribution < 1.29 is 29.0 Å². The predicted molar refractivity (Wildman–Crippen MR) is 80.1 cm³/mol. The van der Waals surface area contributed by atoms with Crippen molar-refractivity contribution in [2.24, 2.45) is 17.3 Å². The lowest BCUT2D eigenvalue weighted by atomic mass is 9.94. The third-order valence-corrected chi connectivity index (χ3v) is 2.80. The molecule has 0 aromatic rings. The van der Waals surface area contributed by atoms with Crippen LogP contribution in [0.4, 0.5) is 4.79 Å². The zero-order valence-corrected chi connectivity index (χ0v) is 14.0. The molecule has 0 aromatic carbocycles. The van der Waals surface area contributed by atoms with Crippen LogP contribution >= 0.6 is 0 Å². The molecule has 0 saturated heterocycles. The van der Waals surface area contributed by atoms with Gasteiger partial charge in [0.2, 0.25) is 6.79 Å². The summed E-state index contributed by atoms with van der Waals surface area (Å²) >= 11 is 0. The molecule has 2 N–H and O–H groups in total. The van der Waals surface area contributed by atoms with Gasteiger partial charge in [-0.3, -0.25) is 9.59 Å². The van der Waals surface area contributed by atoms with E-state index in [0.717, 1.165) is 0 Å². The number of amides is 1. The van der Waals surface area contributed by atoms with Gasteiger partial charge in [-0.15, -0.1) is 0 Å². The molecule has 0 spiro atoms. The zero-order valence-electron chi connectivity index (χ0n) is 14.0. The molecular formula is C15H27NO6. The molecule has 7 heteroatoms. The average Bonchev–Trinajstić information content (AvgIpc) is 2.33. The van der Waals surface area contributed by atoms with E-state index >= 15 is 0 Å². The van der Waals surface area contributed by atoms with Gasteiger partial charge in [0, 0.05) is 13.0 Å². The normalized spacial score (nSPS) is 12.6. The van der Waals surface area contributed by atoms with Gasteiger partial charge in [0.25, 0.3) is 0 Å². The summed E-state index contributed by atoms with van der Waals surface area (Å²) in [4.78, 5) is 33.7. The predicted octanol–water partition coefficient (Wildman–Crippen LogP) is 2.40. The molecule has 0 aliphatic carbocycles. The average molecular weight is 317 g/mol. The molecule has 0 heterocycles. The molecule has 0 rings (SSSR count). The minimum atomic E-state index is -0.903. The Morgan fingerprint density at radius 2 is 1.73 bits per heavy atom. The number of alkyl carbamates (subject to hydrolysis) is 1. The van der Waals surface area contributed by atoms with Gasteiger partial charge in [-0.25, -0.2) is 4.79 Å². The Kier molecular flexibility index (Phi) is 8.52. The van der Waals surface area contributed by atoms with Gasteiger partial charge in [-0.2, -0.15) is 0 Å². The van der Waals surface area contributed by atoms with E-state index in [9.17, 15) is 14.4 Å². The first-order chi connectivity index (χ1) is 10.0. The van der Waals surface area contributed by atoms with Crippen molar-refractivity contribution in [3.8, 4) is 0 Å². The quantitative estimate of drug-likeness (QED) is 0.526. The van der Waals surface area contributed by atoms with Gasteiger partial charge in [-0.05, 0) is 39.0 Å². The van der Waals surface area contributed by atoms with Crippen LogP contribution in [-0.2, 0) is 19.1 Å². The molecule has 0 saturated carbocycles. The lowest BCUT2D eigenvalue weighted by Crippen LogP contribution is -2.33. The van der Waals surface area contributed by atoms with Crippen LogP contribution in [0.15, 0.2) is 0 Å². The largest absolute Gasteiger partial charge is 0.481 e. The third kappa shape index (κ3) is 10.0. The number of carboxylic acids is 1. The Morgan fingerprint density at radius 1 is 1.14 bits per heavy atom. The molecule has 0 aromatic heterocycles. The van der Waals surface area contributed by atoms with Gasteiger partial charge >= 0.3 is 18.0 Å². The van der Waals surface area contributed by atoms with E-state index in [0.29, 0.717) is 12.3 Å². The second-order valence-electron chi connectivity index (χ2n) is 6.71. The fourth-order valence-corrected chi connectivity index (χ4v) is 1.78. The van der Waals surface area contributed by atoms with Crippen molar-refractivity contribution in [1.29, 1.82) is 0 Å². The Morgan fingerprint density at radius 3 is 2.18 bits per heavy atom. The maximum Gasteiger partial charge on any atom is 0.410 e. The summed E-state index contributed by atoms with van der Waals surface area (Å²) < 4.78 is 9.52. The number of carboxylic acid groups (broad SMARTS) is 1. The number of nitrogens with one attached hydrogen (secondary N) is 1. The summed E-state index contributed by atoms with van der Waals surface area (Å²) in [5.41, 5.74) is -0.663. The van der Waals surface area contributed by atoms with Crippen LogP contribution in [0.25, 0.3) is 0 Å². The number of ether oxygens (including phenoxy) is 2. The van der Waals surface area contributed by atoms with Crippen LogP contribution in [0.3, 0.4) is 0 Å². The highest BCUT2D eigenvalue weighted by molar-refractivity contribution is 5.75. The van der Waals surface area contributed by atoms with Crippen molar-refractivity contribution in [2.75, 3.05) is 13.3 Å². The second kappa shape index (κ2) is 9.27. The van der Waals surface area contributed by atoms with Crippen molar-refractivity contribution in [3.05, 3.63) is 0 Å². The van der Waals surface area contributed by atoms with Gasteiger partial charge in [0.05, 0.1) is 5.41 Å². The van der Waals surface area contributed by atoms with Gasteiger partial charge in [0.15, 0.2) is 0 Å². The minimum Gasteiger partial charge on any atom is -0.481 e. The number of carbonyl (C=O) groups excluding carboxylic acids is 2. The van der Waals surface area contributed by atoms with E-state index in [1.54, 1.807) is 20.8 Å². The number of hydrogen-bond donors (Lipinski definition) is 2. The highest BCUT2D eigenvalue weighted by atomic mass is 16.7. The summed E-state index contributed by atoms with van der Waals surface area (Å²) in [6.45, 7) is 8.79. The maximum atomic E-state index is 11.5. The standard InChI is InChI=1S/C15H27NO6/c1-10(2)6-11(7-12(17)18)8-16-14(20)22-9-21-13(19)15(3,4)5/h10-11H,6-9H2,1-5H3,(H,16,20)(H,17,18)/t11-/m0/s1. The first kappa shape index (κ1) is 20.2. The maximum absolute atomic E-state index is 11.5. The fourth-order valence-electron chi connectivity index (χ4n) is 1.78. The number of carbonyl (C=O) groups is 3. The lowest BCUT2D eigenvalue weighted by Gasteiger charge is -2.18. The Labute approximate surface area is 131 Å². The van der Waals surface area contributed by atoms with E-state index in [1.165, 1.54) is 0 Å². The highest BCUT2D eigenvalue weighted by Gasteiger charge is 2.23. The lowest BCUT2D eigenvalue weighted by molar-refractivity contribution is -0.161. The molecule has 0 bridgehead atoms. The van der Waals surface area contributed by atoms with Crippen LogP contribution < -0.4 is 5.32 Å². The number of rotatable bonds is 8. The molecule has 0 aliphatic heterocycles. The van der Waals surface area contributed by atoms with Crippen molar-refractivity contribution in [3.63, 3.8) is 0 Å². The van der Waals surface area contributed by atoms with Crippen molar-refractivity contribution in [2.45, 2.75) is 47.5 Å². The summed E-state index contributed by atoms with van der Waals surface area (Å²) in [7, 11) is 0. The van der Waals surface area contributed by atoms with Gasteiger partial charge < -0.3 is 19.9 Å². The molecule has 1 amide bonds. The zero-order chi connectivity index (χ0) is 17.3. The summed E-state index contributed by atoms with van der Waals surface area (Å²) in [6.07, 6.45) is -0.0656. The summed E-state index contributed by atoms with van der Waals surface area (Å²) in [5.74, 6) is -1.21. The Bertz CT molecular complexity index is 386. The van der Waals surface area contributed by atoms with Crippen LogP contribution in [0.1, 0.15) is 47.5 Å². The number of hydrogen-bond acceptors (Lipinski definition) is 5. The highest BCUT2D eigenvalue weighted by Crippen LogP contribution is 2.15. The molecule has 0 radical (unpaired) electrons. The van der Waals surface area contributed by atoms with Gasteiger partial charge in [-0.1, -0.05) is 13.8 Å². The minimum absolute atomic E-state index is 0.0164. The van der Waals surface area contributed by atoms with E-state index in [-0.39, 0.29) is 18.9 Å². The molecule has 1 atom stereocenters. The SMILES string of the molecule is CC(C)C[C@H](CNC(=O)OCOC(=O)C(C)(C)C)CC(=O)O. The first-order valence-electron chi connectivity index (χ1n) is 7.32. The first-order valence-corrected chi connectivity index (χ1v) is 7.32. The molecule has 0 fully saturated rings. The molecule has 22 heavy (non-hydrogen) atoms. The third-order valence-electron chi connectivity index (χ3n) is 2.80. The molecule has 0 aliphatic rings. The van der Waals surface area contributed by atoms with Gasteiger partial charge in [0.1, 0.15) is 0 Å². The molecular weight excluding hydrogens is 290 g/mol. The Balaban J connectivity index is 4.08. The second-order valence-corrected chi connectivity index (χ2v) is 6.71. The summed E-state index contributed by atoms with van der Waals surface area (Å²) in [5, 5.41) is 11.3. The fraction of sp³-hybridized carbons (Fsp3) is 0.800. The monoisotopic (exact) mass is 317 g/mol. The molecule has 0 unspecified atom stereocenters. The van der Waals surface area contributed by atoms with E-state index in [4.69, 9.17) is 14.6 Å². The van der Waals surface area contributed by atoms with Crippen molar-refractivity contribution in [1.82, 2.24) is 5.32 Å². The van der Waals surface area contributed by atoms with Crippen molar-refractivity contribution >= 4 is 18.0 Å². The topological polar surface area (TPSA) is 102 Å². The van der Waals surface area contributed by atoms with E-state index < -0.39 is 30.2 Å². The smallest absolute Gasteiger partial charge is 0.410 e. The van der Waals surface area contributed by atoms with E-state index in [2.05, 4.69) is 5.32 Å². The van der Waals surface area contributed by atoms with Crippen LogP contribution in [0, 0.1) is 17.3 Å².